The van der Waals surface area contributed by atoms with Gasteiger partial charge < -0.3 is 14.2 Å². The Morgan fingerprint density at radius 3 is 1.16 bits per heavy atom. The van der Waals surface area contributed by atoms with E-state index in [0.717, 1.165) is 127 Å². The van der Waals surface area contributed by atoms with E-state index < -0.39 is 6.17 Å². The van der Waals surface area contributed by atoms with Gasteiger partial charge in [0, 0.05) is 89.7 Å². The van der Waals surface area contributed by atoms with Crippen LogP contribution in [-0.2, 0) is 0 Å². The number of amidine groups is 2. The number of thiophene rings is 2. The predicted molar refractivity (Wildman–Crippen MR) is 466 cm³/mol. The third-order valence-corrected chi connectivity index (χ3v) is 24.4. The molecule has 112 heavy (non-hydrogen) atoms. The fourth-order valence-corrected chi connectivity index (χ4v) is 19.1. The van der Waals surface area contributed by atoms with E-state index in [4.69, 9.17) is 33.8 Å². The summed E-state index contributed by atoms with van der Waals surface area (Å²) >= 11 is 3.71. The molecule has 0 saturated carbocycles. The number of nitrogens with one attached hydrogen (secondary N) is 1. The zero-order valence-electron chi connectivity index (χ0n) is 60.1. The number of furan rings is 2. The highest BCUT2D eigenvalue weighted by atomic mass is 32.1. The fourth-order valence-electron chi connectivity index (χ4n) is 16.4. The molecule has 1 unspecified atom stereocenters. The Kier molecular flexibility index (Phi) is 15.5. The Morgan fingerprint density at radius 2 is 0.607 bits per heavy atom. The summed E-state index contributed by atoms with van der Waals surface area (Å²) in [5.41, 5.74) is 24.4. The van der Waals surface area contributed by atoms with Crippen molar-refractivity contribution in [2.45, 2.75) is 6.17 Å². The van der Waals surface area contributed by atoms with Crippen molar-refractivity contribution in [3.8, 4) is 112 Å². The van der Waals surface area contributed by atoms with Crippen LogP contribution in [0.25, 0.3) is 196 Å². The Hall–Kier alpha value is -14.3. The first-order valence-electron chi connectivity index (χ1n) is 37.6. The van der Waals surface area contributed by atoms with Crippen LogP contribution < -0.4 is 5.32 Å². The fraction of sp³-hybridized carbons (Fsp3) is 0.00980. The maximum Gasteiger partial charge on any atom is 0.164 e. The van der Waals surface area contributed by atoms with Gasteiger partial charge in [-0.3, -0.25) is 0 Å². The van der Waals surface area contributed by atoms with Crippen molar-refractivity contribution in [1.82, 2.24) is 20.3 Å². The monoisotopic (exact) mass is 1470 g/mol. The van der Waals surface area contributed by atoms with Crippen molar-refractivity contribution in [3.63, 3.8) is 0 Å². The summed E-state index contributed by atoms with van der Waals surface area (Å²) in [4.78, 5) is 26.8. The summed E-state index contributed by atoms with van der Waals surface area (Å²) in [5.74, 6) is 3.02. The molecule has 1 aliphatic heterocycles. The lowest BCUT2D eigenvalue weighted by Crippen LogP contribution is -2.33. The lowest BCUT2D eigenvalue weighted by molar-refractivity contribution is 0.666. The van der Waals surface area contributed by atoms with Crippen LogP contribution in [0.1, 0.15) is 22.9 Å². The topological polar surface area (TPSA) is 102 Å². The molecule has 5 aromatic heterocycles. The molecule has 1 atom stereocenters. The Balaban J connectivity index is 0.594. The summed E-state index contributed by atoms with van der Waals surface area (Å²) in [7, 11) is 0. The van der Waals surface area contributed by atoms with Gasteiger partial charge in [0.15, 0.2) is 23.3 Å². The number of benzene rings is 16. The minimum absolute atomic E-state index is 0.465. The number of nitrogens with zero attached hydrogens (tertiary/aromatic N) is 5. The van der Waals surface area contributed by atoms with E-state index in [2.05, 4.69) is 357 Å². The molecule has 524 valence electrons. The van der Waals surface area contributed by atoms with Crippen LogP contribution in [0, 0.1) is 0 Å². The Bertz CT molecular complexity index is 7420. The third kappa shape index (κ3) is 11.4. The lowest BCUT2D eigenvalue weighted by atomic mass is 9.98. The highest BCUT2D eigenvalue weighted by molar-refractivity contribution is 7.27. The minimum Gasteiger partial charge on any atom is -0.456 e. The maximum atomic E-state index is 6.79. The van der Waals surface area contributed by atoms with Gasteiger partial charge in [-0.2, -0.15) is 0 Å². The molecule has 10 heteroatoms. The van der Waals surface area contributed by atoms with Gasteiger partial charge in [-0.1, -0.05) is 297 Å². The van der Waals surface area contributed by atoms with Gasteiger partial charge >= 0.3 is 0 Å². The second kappa shape index (κ2) is 26.8. The Labute approximate surface area is 652 Å². The molecule has 0 fully saturated rings. The SMILES string of the molecule is c1ccc(-c2cccc(C3=NC(c4cccc(-c5cccc6c5sc5c(-c7ccccc7)cccc56)c4)NC(c4ccc5c(c4)oc4ccc(-c6ccc7oc8cc(-c9nc(-c%10cccc(-c%11cccc%12c%11sc%11c(-c%13ccccc%13)cccc%11%12)c%10)nc(-c%10ccccc%10-c%10ccccc%10)n9)ccc8c7c6)cc45)=N3)c2)cc1. The molecule has 0 saturated heterocycles. The predicted octanol–water partition coefficient (Wildman–Crippen LogP) is 27.6. The summed E-state index contributed by atoms with van der Waals surface area (Å²) in [6, 6.07) is 129. The first-order valence-corrected chi connectivity index (χ1v) is 39.2. The van der Waals surface area contributed by atoms with Gasteiger partial charge in [-0.15, -0.1) is 22.7 Å². The number of hydrogen-bond acceptors (Lipinski definition) is 10. The van der Waals surface area contributed by atoms with Gasteiger partial charge in [-0.25, -0.2) is 24.9 Å². The van der Waals surface area contributed by atoms with Gasteiger partial charge in [0.25, 0.3) is 0 Å². The highest BCUT2D eigenvalue weighted by Gasteiger charge is 2.26. The summed E-state index contributed by atoms with van der Waals surface area (Å²) in [5, 5.41) is 12.8. The van der Waals surface area contributed by atoms with Crippen LogP contribution in [0.5, 0.6) is 0 Å². The second-order valence-corrected chi connectivity index (χ2v) is 30.6. The standard InChI is InChI=1S/C102H62N6O2S2/c1-5-22-61(23-6-1)65-30-15-33-70(54-65)97-103-98(71-34-16-31-68(55-71)78-40-20-44-84-82-42-18-38-76(93(82)111-95(78)84)63-26-9-3-10-27-63)105-100(104-97)73-46-50-80-87-57-66(48-52-89(87)109-91(80)59-73)67-49-53-90-88(58-67)81-51-47-74(60-92(81)110-90)101-106-99(107-102(108-101)86-37-14-13-36-75(86)62-24-7-2-8-25-62)72-35-17-32-69(56-72)79-41-21-45-85-83-43-19-39-77(94(83)112-96(79)85)64-28-11-4-12-29-64/h1-60,98H,(H,103,104,105). The summed E-state index contributed by atoms with van der Waals surface area (Å²) in [6.07, 6.45) is -0.465. The van der Waals surface area contributed by atoms with Crippen LogP contribution in [-0.4, -0.2) is 26.6 Å². The van der Waals surface area contributed by atoms with Crippen molar-refractivity contribution in [2.75, 3.05) is 0 Å². The average molecular weight is 1470 g/mol. The molecule has 16 aromatic carbocycles. The van der Waals surface area contributed by atoms with Crippen molar-refractivity contribution >= 4 is 119 Å². The van der Waals surface area contributed by atoms with Crippen LogP contribution in [0.15, 0.2) is 383 Å². The van der Waals surface area contributed by atoms with E-state index in [1.165, 1.54) is 68.2 Å². The molecule has 0 spiro atoms. The van der Waals surface area contributed by atoms with E-state index in [0.29, 0.717) is 29.1 Å². The highest BCUT2D eigenvalue weighted by Crippen LogP contribution is 2.48. The molecule has 8 nitrogen and oxygen atoms in total. The first-order chi connectivity index (χ1) is 55.4. The molecule has 6 heterocycles. The smallest absolute Gasteiger partial charge is 0.164 e. The Morgan fingerprint density at radius 1 is 0.232 bits per heavy atom. The molecule has 22 rings (SSSR count). The van der Waals surface area contributed by atoms with Gasteiger partial charge in [0.2, 0.25) is 0 Å². The molecular weight excluding hydrogens is 1410 g/mol. The molecule has 21 aromatic rings. The number of fused-ring (bicyclic) bond motifs is 12. The lowest BCUT2D eigenvalue weighted by Gasteiger charge is -2.24. The molecule has 0 aliphatic carbocycles. The molecule has 0 radical (unpaired) electrons. The third-order valence-electron chi connectivity index (χ3n) is 21.8. The van der Waals surface area contributed by atoms with E-state index in [-0.39, 0.29) is 0 Å². The van der Waals surface area contributed by atoms with E-state index in [1.807, 2.05) is 34.8 Å². The van der Waals surface area contributed by atoms with Crippen LogP contribution >= 0.6 is 22.7 Å². The maximum absolute atomic E-state index is 6.79. The zero-order chi connectivity index (χ0) is 73.7. The van der Waals surface area contributed by atoms with Crippen molar-refractivity contribution < 1.29 is 8.83 Å². The van der Waals surface area contributed by atoms with Gasteiger partial charge in [0.05, 0.1) is 0 Å². The number of aliphatic imine (C=N–C) groups is 2. The van der Waals surface area contributed by atoms with Gasteiger partial charge in [0.1, 0.15) is 34.3 Å². The molecular formula is C102H62N6O2S2. The first kappa shape index (κ1) is 64.8. The van der Waals surface area contributed by atoms with E-state index in [9.17, 15) is 0 Å². The van der Waals surface area contributed by atoms with E-state index >= 15 is 0 Å². The molecule has 0 amide bonds. The van der Waals surface area contributed by atoms with Gasteiger partial charge in [-0.05, 0) is 150 Å². The number of rotatable bonds is 13. The quantitative estimate of drug-likeness (QED) is 0.123. The second-order valence-electron chi connectivity index (χ2n) is 28.5. The van der Waals surface area contributed by atoms with Crippen LogP contribution in [0.4, 0.5) is 0 Å². The molecule has 1 N–H and O–H groups in total. The summed E-state index contributed by atoms with van der Waals surface area (Å²) in [6.45, 7) is 0. The zero-order valence-corrected chi connectivity index (χ0v) is 61.7. The normalized spacial score (nSPS) is 13.1. The van der Waals surface area contributed by atoms with Crippen LogP contribution in [0.3, 0.4) is 0 Å². The minimum atomic E-state index is -0.465. The molecule has 0 bridgehead atoms. The van der Waals surface area contributed by atoms with Crippen molar-refractivity contribution in [3.05, 3.63) is 381 Å². The van der Waals surface area contributed by atoms with Crippen molar-refractivity contribution in [1.29, 1.82) is 0 Å². The summed E-state index contributed by atoms with van der Waals surface area (Å²) < 4.78 is 18.6. The number of aromatic nitrogens is 3. The average Bonchev–Trinajstić information content (AvgIpc) is 1.60. The van der Waals surface area contributed by atoms with E-state index in [1.54, 1.807) is 0 Å². The number of hydrogen-bond donors (Lipinski definition) is 1. The van der Waals surface area contributed by atoms with Crippen molar-refractivity contribution in [2.24, 2.45) is 9.98 Å². The largest absolute Gasteiger partial charge is 0.456 e. The molecule has 1 aliphatic rings. The van der Waals surface area contributed by atoms with Crippen LogP contribution in [0.2, 0.25) is 0 Å².